The van der Waals surface area contributed by atoms with Crippen LogP contribution in [-0.2, 0) is 0 Å². The van der Waals surface area contributed by atoms with Crippen molar-refractivity contribution in [3.05, 3.63) is 23.7 Å². The van der Waals surface area contributed by atoms with Crippen molar-refractivity contribution in [1.29, 1.82) is 0 Å². The van der Waals surface area contributed by atoms with Crippen molar-refractivity contribution < 1.29 is 4.59 Å². The van der Waals surface area contributed by atoms with Crippen LogP contribution >= 0.6 is 0 Å². The van der Waals surface area contributed by atoms with Gasteiger partial charge in [-0.2, -0.15) is 10.5 Å². The Morgan fingerprint density at radius 1 is 1.18 bits per heavy atom. The van der Waals surface area contributed by atoms with Crippen LogP contribution < -0.4 is 5.43 Å². The molecular weight excluding hydrogens is 272 g/mol. The third kappa shape index (κ3) is 2.42. The molecule has 0 saturated heterocycles. The highest BCUT2D eigenvalue weighted by atomic mass is 15.7. The van der Waals surface area contributed by atoms with Gasteiger partial charge in [-0.15, -0.1) is 0 Å². The highest BCUT2D eigenvalue weighted by Gasteiger charge is 2.57. The second kappa shape index (κ2) is 4.93. The van der Waals surface area contributed by atoms with Gasteiger partial charge >= 0.3 is 0 Å². The lowest BCUT2D eigenvalue weighted by Crippen LogP contribution is -2.68. The van der Waals surface area contributed by atoms with Crippen LogP contribution in [0, 0.1) is 12.3 Å². The van der Waals surface area contributed by atoms with Gasteiger partial charge in [-0.1, -0.05) is 20.8 Å². The van der Waals surface area contributed by atoms with Crippen LogP contribution in [0.1, 0.15) is 66.8 Å². The molecule has 1 aliphatic heterocycles. The minimum Gasteiger partial charge on any atom is -0.282 e. The van der Waals surface area contributed by atoms with E-state index in [1.54, 1.807) is 0 Å². The summed E-state index contributed by atoms with van der Waals surface area (Å²) in [5.41, 5.74) is 7.42. The third-order valence-corrected chi connectivity index (χ3v) is 5.49. The standard InChI is InChI=1S/C18H33N4/c1-10-22(17(6,7)8)12-14(15-11-13(2)19-20-15)18(9,21-22)16(3,4)5/h11-12,21H,10H2,1-9H3,(H,19,20)/q+1. The van der Waals surface area contributed by atoms with E-state index in [4.69, 9.17) is 0 Å². The first kappa shape index (κ1) is 17.2. The zero-order valence-electron chi connectivity index (χ0n) is 15.8. The fraction of sp³-hybridized carbons (Fsp3) is 0.722. The number of quaternary nitrogens is 1. The molecule has 4 nitrogen and oxygen atoms in total. The number of nitrogens with zero attached hydrogens (tertiary/aromatic N) is 2. The Bertz CT molecular complexity index is 585. The first-order chi connectivity index (χ1) is 9.86. The number of hydrogen-bond acceptors (Lipinski definition) is 2. The molecule has 0 fully saturated rings. The molecule has 1 aliphatic rings. The minimum absolute atomic E-state index is 0.0755. The summed E-state index contributed by atoms with van der Waals surface area (Å²) in [4.78, 5) is 0. The zero-order valence-corrected chi connectivity index (χ0v) is 15.8. The van der Waals surface area contributed by atoms with E-state index in [1.165, 1.54) is 5.57 Å². The molecule has 0 amide bonds. The quantitative estimate of drug-likeness (QED) is 0.810. The SMILES string of the molecule is CC[N+]1(C(C)(C)C)C=C(c2cc(C)[nH]n2)C(C)(C(C)(C)C)N1. The Morgan fingerprint density at radius 2 is 1.77 bits per heavy atom. The Labute approximate surface area is 135 Å². The normalized spacial score (nSPS) is 29.8. The van der Waals surface area contributed by atoms with Gasteiger partial charge in [-0.05, 0) is 53.0 Å². The van der Waals surface area contributed by atoms with Crippen LogP contribution in [0.3, 0.4) is 0 Å². The van der Waals surface area contributed by atoms with Crippen LogP contribution in [0.15, 0.2) is 12.3 Å². The van der Waals surface area contributed by atoms with Crippen LogP contribution in [-0.4, -0.2) is 32.4 Å². The molecule has 0 radical (unpaired) electrons. The number of nitrogens with one attached hydrogen (secondary N) is 2. The van der Waals surface area contributed by atoms with Gasteiger partial charge in [0.1, 0.15) is 17.3 Å². The van der Waals surface area contributed by atoms with E-state index in [0.29, 0.717) is 0 Å². The summed E-state index contributed by atoms with van der Waals surface area (Å²) in [7, 11) is 0. The van der Waals surface area contributed by atoms with E-state index in [2.05, 4.69) is 90.2 Å². The number of rotatable bonds is 2. The average molecular weight is 305 g/mol. The molecule has 0 aliphatic carbocycles. The van der Waals surface area contributed by atoms with Gasteiger partial charge in [0.25, 0.3) is 0 Å². The number of H-pyrrole nitrogens is 1. The molecule has 2 atom stereocenters. The fourth-order valence-corrected chi connectivity index (χ4v) is 3.30. The average Bonchev–Trinajstić information content (AvgIpc) is 2.90. The molecule has 0 bridgehead atoms. The Balaban J connectivity index is 2.66. The lowest BCUT2D eigenvalue weighted by molar-refractivity contribution is -0.964. The maximum Gasteiger partial charge on any atom is 0.123 e. The molecule has 1 aromatic heterocycles. The van der Waals surface area contributed by atoms with Gasteiger partial charge in [0.15, 0.2) is 0 Å². The molecule has 0 aromatic carbocycles. The van der Waals surface area contributed by atoms with E-state index in [9.17, 15) is 0 Å². The van der Waals surface area contributed by atoms with Crippen molar-refractivity contribution in [1.82, 2.24) is 15.6 Å². The topological polar surface area (TPSA) is 40.7 Å². The van der Waals surface area contributed by atoms with Crippen LogP contribution in [0.4, 0.5) is 0 Å². The molecule has 2 unspecified atom stereocenters. The predicted molar refractivity (Wildman–Crippen MR) is 92.9 cm³/mol. The van der Waals surface area contributed by atoms with Crippen LogP contribution in [0.5, 0.6) is 0 Å². The number of aromatic amines is 1. The smallest absolute Gasteiger partial charge is 0.123 e. The summed E-state index contributed by atoms with van der Waals surface area (Å²) in [6, 6.07) is 2.15. The van der Waals surface area contributed by atoms with Crippen molar-refractivity contribution in [3.8, 4) is 0 Å². The maximum absolute atomic E-state index is 4.55. The molecule has 0 saturated carbocycles. The Hall–Kier alpha value is -1.13. The number of aryl methyl sites for hydroxylation is 1. The second-order valence-corrected chi connectivity index (χ2v) is 8.82. The van der Waals surface area contributed by atoms with E-state index in [1.807, 2.05) is 0 Å². The van der Waals surface area contributed by atoms with Gasteiger partial charge in [-0.25, -0.2) is 4.59 Å². The molecule has 2 heterocycles. The molecule has 124 valence electrons. The summed E-state index contributed by atoms with van der Waals surface area (Å²) in [5.74, 6) is 0. The summed E-state index contributed by atoms with van der Waals surface area (Å²) >= 11 is 0. The van der Waals surface area contributed by atoms with E-state index in [0.717, 1.165) is 22.5 Å². The van der Waals surface area contributed by atoms with E-state index >= 15 is 0 Å². The summed E-state index contributed by atoms with van der Waals surface area (Å²) in [6.07, 6.45) is 2.39. The molecular formula is C18H33N4+. The van der Waals surface area contributed by atoms with Crippen molar-refractivity contribution in [2.75, 3.05) is 6.54 Å². The third-order valence-electron chi connectivity index (χ3n) is 5.49. The monoisotopic (exact) mass is 305 g/mol. The number of aromatic nitrogens is 2. The Morgan fingerprint density at radius 3 is 2.14 bits per heavy atom. The lowest BCUT2D eigenvalue weighted by atomic mass is 9.70. The first-order valence-corrected chi connectivity index (χ1v) is 8.29. The van der Waals surface area contributed by atoms with Crippen LogP contribution in [0.25, 0.3) is 5.57 Å². The molecule has 4 heteroatoms. The van der Waals surface area contributed by atoms with Gasteiger partial charge in [-0.3, -0.25) is 5.10 Å². The van der Waals surface area contributed by atoms with Crippen LogP contribution in [0.2, 0.25) is 0 Å². The number of hydrogen-bond donors (Lipinski definition) is 2. The van der Waals surface area contributed by atoms with Gasteiger partial charge in [0, 0.05) is 5.69 Å². The highest BCUT2D eigenvalue weighted by molar-refractivity contribution is 5.72. The van der Waals surface area contributed by atoms with Gasteiger partial charge in [0.2, 0.25) is 0 Å². The lowest BCUT2D eigenvalue weighted by Gasteiger charge is -2.47. The Kier molecular flexibility index (Phi) is 3.86. The van der Waals surface area contributed by atoms with Crippen molar-refractivity contribution >= 4 is 5.57 Å². The van der Waals surface area contributed by atoms with Crippen molar-refractivity contribution in [3.63, 3.8) is 0 Å². The summed E-state index contributed by atoms with van der Waals surface area (Å²) in [6.45, 7) is 21.4. The molecule has 2 N–H and O–H groups in total. The summed E-state index contributed by atoms with van der Waals surface area (Å²) < 4.78 is 0.766. The van der Waals surface area contributed by atoms with Crippen molar-refractivity contribution in [2.24, 2.45) is 5.41 Å². The highest BCUT2D eigenvalue weighted by Crippen LogP contribution is 2.48. The van der Waals surface area contributed by atoms with E-state index in [-0.39, 0.29) is 16.5 Å². The molecule has 2 rings (SSSR count). The largest absolute Gasteiger partial charge is 0.282 e. The van der Waals surface area contributed by atoms with Gasteiger partial charge in [0.05, 0.1) is 17.8 Å². The molecule has 22 heavy (non-hydrogen) atoms. The van der Waals surface area contributed by atoms with E-state index < -0.39 is 0 Å². The second-order valence-electron chi connectivity index (χ2n) is 8.82. The minimum atomic E-state index is -0.141. The maximum atomic E-state index is 4.55. The fourth-order valence-electron chi connectivity index (χ4n) is 3.30. The molecule has 1 aromatic rings. The predicted octanol–water partition coefficient (Wildman–Crippen LogP) is 4.02. The first-order valence-electron chi connectivity index (χ1n) is 8.29. The zero-order chi connectivity index (χ0) is 17.0. The van der Waals surface area contributed by atoms with Gasteiger partial charge < -0.3 is 0 Å². The summed E-state index contributed by atoms with van der Waals surface area (Å²) in [5, 5.41) is 7.64. The molecule has 0 spiro atoms. The van der Waals surface area contributed by atoms with Crippen molar-refractivity contribution in [2.45, 2.75) is 73.4 Å².